The molecule has 1 aromatic rings. The summed E-state index contributed by atoms with van der Waals surface area (Å²) in [5.41, 5.74) is 8.78. The fourth-order valence-corrected chi connectivity index (χ4v) is 2.82. The maximum Gasteiger partial charge on any atom is 0.162 e. The zero-order valence-corrected chi connectivity index (χ0v) is 12.3. The van der Waals surface area contributed by atoms with Gasteiger partial charge >= 0.3 is 0 Å². The number of anilines is 1. The van der Waals surface area contributed by atoms with E-state index < -0.39 is 0 Å². The molecular formula is C13H20N4S. The molecule has 2 heterocycles. The maximum absolute atomic E-state index is 5.88. The van der Waals surface area contributed by atoms with Gasteiger partial charge in [0, 0.05) is 12.1 Å². The molecule has 1 saturated heterocycles. The lowest BCUT2D eigenvalue weighted by Crippen LogP contribution is -2.40. The Morgan fingerprint density at radius 1 is 1.33 bits per heavy atom. The van der Waals surface area contributed by atoms with Crippen LogP contribution in [0.15, 0.2) is 0 Å². The van der Waals surface area contributed by atoms with Gasteiger partial charge in [-0.05, 0) is 46.1 Å². The number of rotatable bonds is 2. The summed E-state index contributed by atoms with van der Waals surface area (Å²) in [5, 5.41) is 8.57. The van der Waals surface area contributed by atoms with E-state index in [0.717, 1.165) is 35.6 Å². The third kappa shape index (κ3) is 2.07. The van der Waals surface area contributed by atoms with Crippen LogP contribution in [0.5, 0.6) is 0 Å². The van der Waals surface area contributed by atoms with Crippen molar-refractivity contribution in [3.05, 3.63) is 16.8 Å². The van der Waals surface area contributed by atoms with Crippen LogP contribution in [-0.2, 0) is 0 Å². The molecular weight excluding hydrogens is 244 g/mol. The lowest BCUT2D eigenvalue weighted by atomic mass is 10.0. The smallest absolute Gasteiger partial charge is 0.162 e. The van der Waals surface area contributed by atoms with E-state index in [4.69, 9.17) is 18.0 Å². The van der Waals surface area contributed by atoms with E-state index in [1.54, 1.807) is 0 Å². The van der Waals surface area contributed by atoms with Gasteiger partial charge < -0.3 is 10.6 Å². The number of thiocarbonyl (C=S) groups is 1. The van der Waals surface area contributed by atoms with Crippen LogP contribution in [-0.4, -0.2) is 27.3 Å². The van der Waals surface area contributed by atoms with Gasteiger partial charge in [0.05, 0.1) is 11.3 Å². The molecule has 0 spiro atoms. The molecule has 0 unspecified atom stereocenters. The fourth-order valence-electron chi connectivity index (χ4n) is 2.58. The fraction of sp³-hybridized carbons (Fsp3) is 0.615. The molecule has 0 amide bonds. The molecule has 5 heteroatoms. The standard InChI is InChI=1S/C13H20N4S/c1-8-9(2)15-16-12(10(8)11(14)18)17-7-5-6-13(17,3)4/h5-7H2,1-4H3,(H2,14,18). The van der Waals surface area contributed by atoms with E-state index in [9.17, 15) is 0 Å². The molecule has 98 valence electrons. The van der Waals surface area contributed by atoms with Crippen molar-refractivity contribution >= 4 is 23.0 Å². The van der Waals surface area contributed by atoms with E-state index in [2.05, 4.69) is 28.9 Å². The van der Waals surface area contributed by atoms with E-state index in [-0.39, 0.29) is 5.54 Å². The topological polar surface area (TPSA) is 55.0 Å². The van der Waals surface area contributed by atoms with Crippen LogP contribution in [0.4, 0.5) is 5.82 Å². The van der Waals surface area contributed by atoms with E-state index in [1.807, 2.05) is 13.8 Å². The second-order valence-electron chi connectivity index (χ2n) is 5.54. The second-order valence-corrected chi connectivity index (χ2v) is 5.98. The Bertz CT molecular complexity index is 496. The summed E-state index contributed by atoms with van der Waals surface area (Å²) >= 11 is 5.19. The molecule has 1 aliphatic rings. The number of nitrogens with two attached hydrogens (primary N) is 1. The maximum atomic E-state index is 5.88. The quantitative estimate of drug-likeness (QED) is 0.829. The largest absolute Gasteiger partial charge is 0.389 e. The highest BCUT2D eigenvalue weighted by Gasteiger charge is 2.35. The summed E-state index contributed by atoms with van der Waals surface area (Å²) in [5.74, 6) is 0.841. The normalized spacial score (nSPS) is 18.1. The van der Waals surface area contributed by atoms with Gasteiger partial charge in [-0.25, -0.2) is 0 Å². The summed E-state index contributed by atoms with van der Waals surface area (Å²) in [4.78, 5) is 2.68. The molecule has 18 heavy (non-hydrogen) atoms. The first-order valence-corrected chi connectivity index (χ1v) is 6.67. The first kappa shape index (κ1) is 13.2. The van der Waals surface area contributed by atoms with Gasteiger partial charge in [0.2, 0.25) is 0 Å². The van der Waals surface area contributed by atoms with Crippen LogP contribution in [0.3, 0.4) is 0 Å². The summed E-state index contributed by atoms with van der Waals surface area (Å²) in [6.45, 7) is 9.37. The first-order chi connectivity index (χ1) is 8.34. The number of hydrogen-bond donors (Lipinski definition) is 1. The Balaban J connectivity index is 2.58. The lowest BCUT2D eigenvalue weighted by Gasteiger charge is -2.34. The average Bonchev–Trinajstić information content (AvgIpc) is 2.61. The SMILES string of the molecule is Cc1nnc(N2CCCC2(C)C)c(C(N)=S)c1C. The third-order valence-corrected chi connectivity index (χ3v) is 4.04. The number of hydrogen-bond acceptors (Lipinski definition) is 4. The van der Waals surface area contributed by atoms with Crippen molar-refractivity contribution in [2.75, 3.05) is 11.4 Å². The molecule has 1 aliphatic heterocycles. The predicted octanol–water partition coefficient (Wildman–Crippen LogP) is 2.11. The summed E-state index contributed by atoms with van der Waals surface area (Å²) in [6, 6.07) is 0. The van der Waals surface area contributed by atoms with Crippen LogP contribution in [0, 0.1) is 13.8 Å². The Hall–Kier alpha value is -1.23. The molecule has 2 rings (SSSR count). The zero-order chi connectivity index (χ0) is 13.5. The van der Waals surface area contributed by atoms with Crippen LogP contribution >= 0.6 is 12.2 Å². The predicted molar refractivity (Wildman–Crippen MR) is 78.1 cm³/mol. The molecule has 4 nitrogen and oxygen atoms in total. The molecule has 0 saturated carbocycles. The van der Waals surface area contributed by atoms with Crippen LogP contribution < -0.4 is 10.6 Å². The Morgan fingerprint density at radius 3 is 2.50 bits per heavy atom. The van der Waals surface area contributed by atoms with Crippen LogP contribution in [0.1, 0.15) is 43.5 Å². The first-order valence-electron chi connectivity index (χ1n) is 6.26. The average molecular weight is 264 g/mol. The molecule has 0 aromatic carbocycles. The lowest BCUT2D eigenvalue weighted by molar-refractivity contribution is 0.512. The Kier molecular flexibility index (Phi) is 3.27. The van der Waals surface area contributed by atoms with Crippen LogP contribution in [0.25, 0.3) is 0 Å². The number of aryl methyl sites for hydroxylation is 1. The Labute approximate surface area is 114 Å². The van der Waals surface area contributed by atoms with Gasteiger partial charge in [-0.15, -0.1) is 5.10 Å². The van der Waals surface area contributed by atoms with E-state index in [1.165, 1.54) is 6.42 Å². The van der Waals surface area contributed by atoms with Crippen molar-refractivity contribution in [2.45, 2.75) is 46.1 Å². The monoisotopic (exact) mass is 264 g/mol. The minimum Gasteiger partial charge on any atom is -0.389 e. The summed E-state index contributed by atoms with van der Waals surface area (Å²) in [6.07, 6.45) is 2.32. The van der Waals surface area contributed by atoms with Crippen LogP contribution in [0.2, 0.25) is 0 Å². The van der Waals surface area contributed by atoms with Gasteiger partial charge in [0.1, 0.15) is 4.99 Å². The van der Waals surface area contributed by atoms with Gasteiger partial charge in [-0.2, -0.15) is 5.10 Å². The highest BCUT2D eigenvalue weighted by Crippen LogP contribution is 2.35. The zero-order valence-electron chi connectivity index (χ0n) is 11.4. The van der Waals surface area contributed by atoms with Gasteiger partial charge in [-0.3, -0.25) is 0 Å². The van der Waals surface area contributed by atoms with Crippen molar-refractivity contribution in [3.8, 4) is 0 Å². The molecule has 0 aliphatic carbocycles. The molecule has 2 N–H and O–H groups in total. The highest BCUT2D eigenvalue weighted by molar-refractivity contribution is 7.80. The highest BCUT2D eigenvalue weighted by atomic mass is 32.1. The van der Waals surface area contributed by atoms with Crippen molar-refractivity contribution in [1.29, 1.82) is 0 Å². The molecule has 1 aromatic heterocycles. The van der Waals surface area contributed by atoms with Crippen molar-refractivity contribution in [3.63, 3.8) is 0 Å². The minimum absolute atomic E-state index is 0.0932. The van der Waals surface area contributed by atoms with Crippen molar-refractivity contribution in [1.82, 2.24) is 10.2 Å². The summed E-state index contributed by atoms with van der Waals surface area (Å²) < 4.78 is 0. The summed E-state index contributed by atoms with van der Waals surface area (Å²) in [7, 11) is 0. The number of nitrogens with zero attached hydrogens (tertiary/aromatic N) is 3. The number of aromatic nitrogens is 2. The molecule has 1 fully saturated rings. The van der Waals surface area contributed by atoms with Gasteiger partial charge in [0.25, 0.3) is 0 Å². The van der Waals surface area contributed by atoms with Crippen molar-refractivity contribution in [2.24, 2.45) is 5.73 Å². The molecule has 0 atom stereocenters. The minimum atomic E-state index is 0.0932. The Morgan fingerprint density at radius 2 is 2.00 bits per heavy atom. The van der Waals surface area contributed by atoms with E-state index in [0.29, 0.717) is 4.99 Å². The molecule has 0 radical (unpaired) electrons. The molecule has 0 bridgehead atoms. The van der Waals surface area contributed by atoms with Gasteiger partial charge in [-0.1, -0.05) is 12.2 Å². The van der Waals surface area contributed by atoms with Gasteiger partial charge in [0.15, 0.2) is 5.82 Å². The second kappa shape index (κ2) is 4.46. The van der Waals surface area contributed by atoms with Crippen molar-refractivity contribution < 1.29 is 0 Å². The van der Waals surface area contributed by atoms with E-state index >= 15 is 0 Å². The third-order valence-electron chi connectivity index (χ3n) is 3.84.